The van der Waals surface area contributed by atoms with Gasteiger partial charge in [-0.25, -0.2) is 0 Å². The Bertz CT molecular complexity index is 546. The second kappa shape index (κ2) is 10.5. The molecule has 0 aliphatic heterocycles. The minimum atomic E-state index is -0.398. The molecule has 1 unspecified atom stereocenters. The third-order valence-corrected chi connectivity index (χ3v) is 3.65. The fourth-order valence-corrected chi connectivity index (χ4v) is 2.13. The number of benzene rings is 1. The van der Waals surface area contributed by atoms with Gasteiger partial charge in [0.1, 0.15) is 0 Å². The van der Waals surface area contributed by atoms with E-state index < -0.39 is 5.91 Å². The molecule has 0 spiro atoms. The smallest absolute Gasteiger partial charge is 0.269 e. The van der Waals surface area contributed by atoms with Crippen LogP contribution in [0.5, 0.6) is 11.5 Å². The summed E-state index contributed by atoms with van der Waals surface area (Å²) in [7, 11) is 1.53. The Kier molecular flexibility index (Phi) is 8.68. The molecule has 0 radical (unpaired) electrons. The van der Waals surface area contributed by atoms with E-state index in [1.54, 1.807) is 18.2 Å². The highest BCUT2D eigenvalue weighted by Gasteiger charge is 2.15. The highest BCUT2D eigenvalue weighted by atomic mass is 16.5. The molecule has 134 valence electrons. The predicted molar refractivity (Wildman–Crippen MR) is 93.1 cm³/mol. The number of hydrogen-bond donors (Lipinski definition) is 2. The number of hydrazine groups is 1. The van der Waals surface area contributed by atoms with Gasteiger partial charge in [0.15, 0.2) is 11.5 Å². The second-order valence-corrected chi connectivity index (χ2v) is 5.70. The largest absolute Gasteiger partial charge is 0.493 e. The topological polar surface area (TPSA) is 76.7 Å². The van der Waals surface area contributed by atoms with E-state index in [0.717, 1.165) is 25.7 Å². The summed E-state index contributed by atoms with van der Waals surface area (Å²) in [5.74, 6) is 0.355. The van der Waals surface area contributed by atoms with Gasteiger partial charge in [-0.15, -0.1) is 0 Å². The highest BCUT2D eigenvalue weighted by molar-refractivity contribution is 5.96. The summed E-state index contributed by atoms with van der Waals surface area (Å²) < 4.78 is 10.9. The molecular weight excluding hydrogens is 308 g/mol. The Morgan fingerprint density at radius 1 is 1.12 bits per heavy atom. The standard InChI is InChI=1S/C18H28N2O4/c1-5-7-11-24-15-10-9-14(12-16(15)23-4)18(22)20-19-17(21)13(3)8-6-2/h9-10,12-13H,5-8,11H2,1-4H3,(H,19,21)(H,20,22). The summed E-state index contributed by atoms with van der Waals surface area (Å²) >= 11 is 0. The maximum atomic E-state index is 12.1. The molecule has 0 saturated carbocycles. The van der Waals surface area contributed by atoms with Gasteiger partial charge in [0, 0.05) is 11.5 Å². The molecule has 0 saturated heterocycles. The number of carbonyl (C=O) groups is 2. The Balaban J connectivity index is 2.65. The highest BCUT2D eigenvalue weighted by Crippen LogP contribution is 2.28. The van der Waals surface area contributed by atoms with E-state index in [-0.39, 0.29) is 11.8 Å². The van der Waals surface area contributed by atoms with E-state index in [1.165, 1.54) is 7.11 Å². The molecule has 0 heterocycles. The average Bonchev–Trinajstić information content (AvgIpc) is 2.59. The lowest BCUT2D eigenvalue weighted by atomic mass is 10.1. The SMILES string of the molecule is CCCCOc1ccc(C(=O)NNC(=O)C(C)CCC)cc1OC. The van der Waals surface area contributed by atoms with Gasteiger partial charge in [0.2, 0.25) is 5.91 Å². The summed E-state index contributed by atoms with van der Waals surface area (Å²) in [5.41, 5.74) is 5.26. The van der Waals surface area contributed by atoms with Crippen LogP contribution in [-0.2, 0) is 4.79 Å². The summed E-state index contributed by atoms with van der Waals surface area (Å²) in [6, 6.07) is 4.93. The number of rotatable bonds is 9. The van der Waals surface area contributed by atoms with Crippen molar-refractivity contribution >= 4 is 11.8 Å². The van der Waals surface area contributed by atoms with E-state index in [9.17, 15) is 9.59 Å². The summed E-state index contributed by atoms with van der Waals surface area (Å²) in [6.45, 7) is 6.53. The van der Waals surface area contributed by atoms with Gasteiger partial charge < -0.3 is 9.47 Å². The fourth-order valence-electron chi connectivity index (χ4n) is 2.13. The molecular formula is C18H28N2O4. The monoisotopic (exact) mass is 336 g/mol. The van der Waals surface area contributed by atoms with Crippen LogP contribution < -0.4 is 20.3 Å². The number of ether oxygens (including phenoxy) is 2. The van der Waals surface area contributed by atoms with Crippen LogP contribution >= 0.6 is 0 Å². The van der Waals surface area contributed by atoms with E-state index in [2.05, 4.69) is 17.8 Å². The minimum absolute atomic E-state index is 0.140. The maximum Gasteiger partial charge on any atom is 0.269 e. The maximum absolute atomic E-state index is 12.1. The summed E-state index contributed by atoms with van der Waals surface area (Å²) in [5, 5.41) is 0. The Hall–Kier alpha value is -2.24. The van der Waals surface area contributed by atoms with Crippen LogP contribution in [0.15, 0.2) is 18.2 Å². The van der Waals surface area contributed by atoms with Crippen LogP contribution in [-0.4, -0.2) is 25.5 Å². The lowest BCUT2D eigenvalue weighted by Crippen LogP contribution is -2.44. The van der Waals surface area contributed by atoms with Crippen molar-refractivity contribution in [3.8, 4) is 11.5 Å². The van der Waals surface area contributed by atoms with Crippen molar-refractivity contribution in [3.05, 3.63) is 23.8 Å². The lowest BCUT2D eigenvalue weighted by molar-refractivity contribution is -0.125. The molecule has 0 fully saturated rings. The van der Waals surface area contributed by atoms with Gasteiger partial charge in [0.25, 0.3) is 5.91 Å². The van der Waals surface area contributed by atoms with Crippen molar-refractivity contribution < 1.29 is 19.1 Å². The molecule has 1 rings (SSSR count). The van der Waals surface area contributed by atoms with Crippen LogP contribution in [0.25, 0.3) is 0 Å². The molecule has 0 bridgehead atoms. The first-order valence-electron chi connectivity index (χ1n) is 8.44. The molecule has 24 heavy (non-hydrogen) atoms. The second-order valence-electron chi connectivity index (χ2n) is 5.70. The molecule has 1 aromatic carbocycles. The van der Waals surface area contributed by atoms with Gasteiger partial charge in [0.05, 0.1) is 13.7 Å². The third kappa shape index (κ3) is 6.10. The Labute approximate surface area is 143 Å². The summed E-state index contributed by atoms with van der Waals surface area (Å²) in [4.78, 5) is 24.0. The van der Waals surface area contributed by atoms with Gasteiger partial charge in [-0.3, -0.25) is 20.4 Å². The van der Waals surface area contributed by atoms with Crippen LogP contribution in [0.1, 0.15) is 56.8 Å². The van der Waals surface area contributed by atoms with E-state index in [4.69, 9.17) is 9.47 Å². The molecule has 2 amide bonds. The van der Waals surface area contributed by atoms with Gasteiger partial charge in [-0.1, -0.05) is 33.6 Å². The Morgan fingerprint density at radius 3 is 2.50 bits per heavy atom. The number of hydrogen-bond acceptors (Lipinski definition) is 4. The van der Waals surface area contributed by atoms with Crippen LogP contribution in [0.4, 0.5) is 0 Å². The molecule has 0 aliphatic carbocycles. The van der Waals surface area contributed by atoms with Crippen LogP contribution in [0.3, 0.4) is 0 Å². The average molecular weight is 336 g/mol. The predicted octanol–water partition coefficient (Wildman–Crippen LogP) is 3.07. The first-order chi connectivity index (χ1) is 11.5. The van der Waals surface area contributed by atoms with Crippen molar-refractivity contribution in [1.82, 2.24) is 10.9 Å². The zero-order chi connectivity index (χ0) is 17.9. The van der Waals surface area contributed by atoms with Crippen molar-refractivity contribution in [2.45, 2.75) is 46.5 Å². The number of methoxy groups -OCH3 is 1. The Morgan fingerprint density at radius 2 is 1.88 bits per heavy atom. The van der Waals surface area contributed by atoms with Gasteiger partial charge >= 0.3 is 0 Å². The fraction of sp³-hybridized carbons (Fsp3) is 0.556. The molecule has 0 aromatic heterocycles. The lowest BCUT2D eigenvalue weighted by Gasteiger charge is -2.14. The van der Waals surface area contributed by atoms with Crippen molar-refractivity contribution in [3.63, 3.8) is 0 Å². The summed E-state index contributed by atoms with van der Waals surface area (Å²) in [6.07, 6.45) is 3.69. The first kappa shape index (κ1) is 19.8. The van der Waals surface area contributed by atoms with Crippen LogP contribution in [0, 0.1) is 5.92 Å². The molecule has 0 aliphatic rings. The van der Waals surface area contributed by atoms with Gasteiger partial charge in [-0.2, -0.15) is 0 Å². The van der Waals surface area contributed by atoms with Crippen molar-refractivity contribution in [1.29, 1.82) is 0 Å². The number of amides is 2. The van der Waals surface area contributed by atoms with Crippen LogP contribution in [0.2, 0.25) is 0 Å². The van der Waals surface area contributed by atoms with Crippen molar-refractivity contribution in [2.24, 2.45) is 5.92 Å². The number of unbranched alkanes of at least 4 members (excludes halogenated alkanes) is 1. The quantitative estimate of drug-likeness (QED) is 0.537. The minimum Gasteiger partial charge on any atom is -0.493 e. The zero-order valence-electron chi connectivity index (χ0n) is 15.0. The zero-order valence-corrected chi connectivity index (χ0v) is 15.0. The number of carbonyl (C=O) groups excluding carboxylic acids is 2. The van der Waals surface area contributed by atoms with E-state index in [1.807, 2.05) is 13.8 Å². The van der Waals surface area contributed by atoms with E-state index >= 15 is 0 Å². The normalized spacial score (nSPS) is 11.5. The number of nitrogens with one attached hydrogen (secondary N) is 2. The molecule has 6 heteroatoms. The molecule has 1 atom stereocenters. The molecule has 2 N–H and O–H groups in total. The van der Waals surface area contributed by atoms with Crippen molar-refractivity contribution in [2.75, 3.05) is 13.7 Å². The first-order valence-corrected chi connectivity index (χ1v) is 8.44. The van der Waals surface area contributed by atoms with Gasteiger partial charge in [-0.05, 0) is 31.0 Å². The molecule has 1 aromatic rings. The van der Waals surface area contributed by atoms with E-state index in [0.29, 0.717) is 23.7 Å². The molecule has 6 nitrogen and oxygen atoms in total. The third-order valence-electron chi connectivity index (χ3n) is 3.65.